The van der Waals surface area contributed by atoms with Crippen molar-refractivity contribution in [3.63, 3.8) is 0 Å². The molecule has 2 aromatic carbocycles. The molecule has 204 valence electrons. The molecule has 0 saturated heterocycles. The van der Waals surface area contributed by atoms with E-state index in [2.05, 4.69) is 24.2 Å². The Labute approximate surface area is 228 Å². The molecule has 0 radical (unpaired) electrons. The van der Waals surface area contributed by atoms with Crippen molar-refractivity contribution in [3.8, 4) is 16.9 Å². The Bertz CT molecular complexity index is 1530. The summed E-state index contributed by atoms with van der Waals surface area (Å²) >= 11 is 0. The summed E-state index contributed by atoms with van der Waals surface area (Å²) in [5, 5.41) is 3.80. The van der Waals surface area contributed by atoms with Crippen LogP contribution in [0.15, 0.2) is 58.0 Å². The van der Waals surface area contributed by atoms with E-state index in [4.69, 9.17) is 10.5 Å². The highest BCUT2D eigenvalue weighted by Crippen LogP contribution is 2.39. The van der Waals surface area contributed by atoms with Crippen LogP contribution in [-0.4, -0.2) is 54.4 Å². The SMILES string of the molecule is CCCN(CCC)C(=O)C1=Cc2c(cc(-c3ccc4c(=O)n(CC(=O)NC)ccc4c3)cc2OC)N=C(N)C1. The van der Waals surface area contributed by atoms with Gasteiger partial charge in [-0.15, -0.1) is 0 Å². The van der Waals surface area contributed by atoms with E-state index in [0.29, 0.717) is 46.9 Å². The molecule has 39 heavy (non-hydrogen) atoms. The number of ether oxygens (including phenoxy) is 1. The lowest BCUT2D eigenvalue weighted by atomic mass is 9.98. The number of nitrogens with one attached hydrogen (secondary N) is 1. The van der Waals surface area contributed by atoms with E-state index in [1.807, 2.05) is 41.3 Å². The Morgan fingerprint density at radius 1 is 1.10 bits per heavy atom. The maximum absolute atomic E-state index is 13.4. The largest absolute Gasteiger partial charge is 0.496 e. The van der Waals surface area contributed by atoms with Crippen LogP contribution < -0.4 is 21.3 Å². The molecule has 0 saturated carbocycles. The lowest BCUT2D eigenvalue weighted by Crippen LogP contribution is -2.34. The van der Waals surface area contributed by atoms with Gasteiger partial charge >= 0.3 is 0 Å². The van der Waals surface area contributed by atoms with Crippen LogP contribution in [0.2, 0.25) is 0 Å². The van der Waals surface area contributed by atoms with Crippen molar-refractivity contribution < 1.29 is 14.3 Å². The van der Waals surface area contributed by atoms with Crippen LogP contribution in [0.3, 0.4) is 0 Å². The van der Waals surface area contributed by atoms with Crippen molar-refractivity contribution in [1.82, 2.24) is 14.8 Å². The molecule has 1 aromatic heterocycles. The molecule has 0 atom stereocenters. The van der Waals surface area contributed by atoms with Crippen LogP contribution in [0.1, 0.15) is 38.7 Å². The van der Waals surface area contributed by atoms with Crippen LogP contribution in [0.25, 0.3) is 28.0 Å². The Balaban J connectivity index is 1.77. The van der Waals surface area contributed by atoms with Gasteiger partial charge in [0.2, 0.25) is 11.8 Å². The summed E-state index contributed by atoms with van der Waals surface area (Å²) in [5.41, 5.74) is 9.65. The topological polar surface area (TPSA) is 119 Å². The fourth-order valence-corrected chi connectivity index (χ4v) is 4.82. The number of likely N-dealkylation sites (N-methyl/N-ethyl adjacent to an activating group) is 1. The third-order valence-corrected chi connectivity index (χ3v) is 6.75. The Morgan fingerprint density at radius 3 is 2.51 bits per heavy atom. The lowest BCUT2D eigenvalue weighted by Gasteiger charge is -2.22. The molecule has 4 rings (SSSR count). The number of fused-ring (bicyclic) bond motifs is 2. The molecule has 2 amide bonds. The van der Waals surface area contributed by atoms with Crippen LogP contribution in [0, 0.1) is 0 Å². The predicted octanol–water partition coefficient (Wildman–Crippen LogP) is 3.85. The minimum Gasteiger partial charge on any atom is -0.496 e. The standard InChI is InChI=1S/C30H35N5O4/c1-5-10-34(11-6-2)29(37)22-14-24-25(33-27(31)17-22)15-21(16-26(24)39-4)19-7-8-23-20(13-19)9-12-35(30(23)38)18-28(36)32-3/h7-9,12-16H,5-6,10-11,17-18H2,1-4H3,(H2,31,33)(H,32,36). The molecule has 3 N–H and O–H groups in total. The molecular weight excluding hydrogens is 494 g/mol. The predicted molar refractivity (Wildman–Crippen MR) is 155 cm³/mol. The number of pyridine rings is 1. The Kier molecular flexibility index (Phi) is 8.49. The van der Waals surface area contributed by atoms with Crippen molar-refractivity contribution in [1.29, 1.82) is 0 Å². The summed E-state index contributed by atoms with van der Waals surface area (Å²) in [6.45, 7) is 5.44. The van der Waals surface area contributed by atoms with Crippen molar-refractivity contribution in [3.05, 3.63) is 64.1 Å². The van der Waals surface area contributed by atoms with Gasteiger partial charge in [-0.1, -0.05) is 19.9 Å². The number of benzene rings is 2. The second kappa shape index (κ2) is 12.0. The first kappa shape index (κ1) is 27.6. The number of aromatic nitrogens is 1. The van der Waals surface area contributed by atoms with Crippen LogP contribution in [0.4, 0.5) is 5.69 Å². The number of nitrogens with zero attached hydrogens (tertiary/aromatic N) is 3. The van der Waals surface area contributed by atoms with E-state index in [9.17, 15) is 14.4 Å². The summed E-state index contributed by atoms with van der Waals surface area (Å²) in [5.74, 6) is 0.653. The number of carbonyl (C=O) groups excluding carboxylic acids is 2. The van der Waals surface area contributed by atoms with Gasteiger partial charge in [-0.05, 0) is 65.8 Å². The van der Waals surface area contributed by atoms with E-state index in [0.717, 1.165) is 29.4 Å². The number of nitrogens with two attached hydrogens (primary N) is 1. The van der Waals surface area contributed by atoms with Gasteiger partial charge in [0.15, 0.2) is 0 Å². The first-order valence-electron chi connectivity index (χ1n) is 13.2. The number of amidine groups is 1. The number of aliphatic imine (C=N–C) groups is 1. The van der Waals surface area contributed by atoms with E-state index in [1.54, 1.807) is 19.4 Å². The third-order valence-electron chi connectivity index (χ3n) is 6.75. The molecule has 2 heterocycles. The zero-order valence-electron chi connectivity index (χ0n) is 22.9. The molecule has 3 aromatic rings. The quantitative estimate of drug-likeness (QED) is 0.437. The van der Waals surface area contributed by atoms with Crippen molar-refractivity contribution in [2.45, 2.75) is 39.7 Å². The smallest absolute Gasteiger partial charge is 0.258 e. The van der Waals surface area contributed by atoms with Crippen molar-refractivity contribution in [2.24, 2.45) is 10.7 Å². The number of carbonyl (C=O) groups is 2. The summed E-state index contributed by atoms with van der Waals surface area (Å²) in [6, 6.07) is 11.2. The molecule has 0 bridgehead atoms. The van der Waals surface area contributed by atoms with Gasteiger partial charge in [-0.3, -0.25) is 14.4 Å². The molecule has 0 fully saturated rings. The molecule has 9 heteroatoms. The highest BCUT2D eigenvalue weighted by Gasteiger charge is 2.23. The molecule has 0 spiro atoms. The molecule has 0 aliphatic carbocycles. The normalized spacial score (nSPS) is 12.7. The van der Waals surface area contributed by atoms with Gasteiger partial charge in [0.05, 0.1) is 12.8 Å². The molecule has 1 aliphatic rings. The van der Waals surface area contributed by atoms with Crippen LogP contribution in [-0.2, 0) is 16.1 Å². The van der Waals surface area contributed by atoms with E-state index < -0.39 is 0 Å². The van der Waals surface area contributed by atoms with E-state index >= 15 is 0 Å². The van der Waals surface area contributed by atoms with Gasteiger partial charge in [0.25, 0.3) is 5.56 Å². The fraction of sp³-hybridized carbons (Fsp3) is 0.333. The highest BCUT2D eigenvalue weighted by molar-refractivity contribution is 6.06. The minimum absolute atomic E-state index is 0.0348. The Hall–Kier alpha value is -4.40. The molecular formula is C30H35N5O4. The average molecular weight is 530 g/mol. The third kappa shape index (κ3) is 5.87. The molecule has 9 nitrogen and oxygen atoms in total. The van der Waals surface area contributed by atoms with Gasteiger partial charge in [-0.2, -0.15) is 0 Å². The summed E-state index contributed by atoms with van der Waals surface area (Å²) in [7, 11) is 3.12. The van der Waals surface area contributed by atoms with Gasteiger partial charge < -0.3 is 25.3 Å². The van der Waals surface area contributed by atoms with Crippen LogP contribution in [0.5, 0.6) is 5.75 Å². The van der Waals surface area contributed by atoms with Crippen LogP contribution >= 0.6 is 0 Å². The maximum Gasteiger partial charge on any atom is 0.258 e. The monoisotopic (exact) mass is 529 g/mol. The fourth-order valence-electron chi connectivity index (χ4n) is 4.82. The summed E-state index contributed by atoms with van der Waals surface area (Å²) in [4.78, 5) is 44.5. The van der Waals surface area contributed by atoms with Gasteiger partial charge in [0.1, 0.15) is 18.1 Å². The number of hydrogen-bond donors (Lipinski definition) is 2. The van der Waals surface area contributed by atoms with Crippen molar-refractivity contribution >= 4 is 40.2 Å². The molecule has 1 aliphatic heterocycles. The first-order chi connectivity index (χ1) is 18.8. The summed E-state index contributed by atoms with van der Waals surface area (Å²) < 4.78 is 7.13. The minimum atomic E-state index is -0.243. The second-order valence-electron chi connectivity index (χ2n) is 9.58. The summed E-state index contributed by atoms with van der Waals surface area (Å²) in [6.07, 6.45) is 5.47. The van der Waals surface area contributed by atoms with E-state index in [1.165, 1.54) is 11.6 Å². The number of rotatable bonds is 9. The van der Waals surface area contributed by atoms with Gasteiger partial charge in [-0.25, -0.2) is 4.99 Å². The zero-order chi connectivity index (χ0) is 28.1. The Morgan fingerprint density at radius 2 is 1.85 bits per heavy atom. The second-order valence-corrected chi connectivity index (χ2v) is 9.58. The lowest BCUT2D eigenvalue weighted by molar-refractivity contribution is -0.127. The van der Waals surface area contributed by atoms with Crippen molar-refractivity contribution in [2.75, 3.05) is 27.2 Å². The van der Waals surface area contributed by atoms with E-state index in [-0.39, 0.29) is 30.3 Å². The number of hydrogen-bond acceptors (Lipinski definition) is 6. The maximum atomic E-state index is 13.4. The first-order valence-corrected chi connectivity index (χ1v) is 13.2. The molecule has 0 unspecified atom stereocenters. The highest BCUT2D eigenvalue weighted by atomic mass is 16.5. The average Bonchev–Trinajstić information content (AvgIpc) is 3.11. The zero-order valence-corrected chi connectivity index (χ0v) is 22.9. The number of amides is 2. The number of methoxy groups -OCH3 is 1. The van der Waals surface area contributed by atoms with Gasteiger partial charge in [0, 0.05) is 49.3 Å².